The summed E-state index contributed by atoms with van der Waals surface area (Å²) in [6.45, 7) is 2.32. The van der Waals surface area contributed by atoms with Crippen molar-refractivity contribution in [1.82, 2.24) is 0 Å². The highest BCUT2D eigenvalue weighted by molar-refractivity contribution is 8.00. The average Bonchev–Trinajstić information content (AvgIpc) is 2.58. The Bertz CT molecular complexity index is 600. The Morgan fingerprint density at radius 1 is 0.955 bits per heavy atom. The molecule has 0 amide bonds. The van der Waals surface area contributed by atoms with Crippen molar-refractivity contribution in [3.8, 4) is 0 Å². The van der Waals surface area contributed by atoms with Crippen LogP contribution in [0.2, 0.25) is 0 Å². The van der Waals surface area contributed by atoms with Crippen LogP contribution in [0.3, 0.4) is 0 Å². The second kappa shape index (κ2) is 7.69. The summed E-state index contributed by atoms with van der Waals surface area (Å²) in [4.78, 5) is 1.40. The number of rotatable bonds is 4. The summed E-state index contributed by atoms with van der Waals surface area (Å²) in [5.74, 6) is 0.508. The standard InChI is InChI=1S/C21H24S/c1-17(18-10-4-2-5-11-18)16-19-12-8-9-15-21(19)22-20-13-6-3-7-14-20/h2-7,10-11,13-14,16-17,21H,8-9,12,15H2,1H3/b19-16-/t17-,21+/m0/s1. The maximum Gasteiger partial charge on any atom is 0.0304 e. The molecule has 2 aromatic carbocycles. The van der Waals surface area contributed by atoms with Gasteiger partial charge in [0.1, 0.15) is 0 Å². The molecule has 0 aliphatic heterocycles. The van der Waals surface area contributed by atoms with Crippen LogP contribution in [0.5, 0.6) is 0 Å². The molecule has 22 heavy (non-hydrogen) atoms. The van der Waals surface area contributed by atoms with E-state index in [4.69, 9.17) is 0 Å². The molecule has 0 aromatic heterocycles. The van der Waals surface area contributed by atoms with E-state index in [2.05, 4.69) is 73.7 Å². The Kier molecular flexibility index (Phi) is 5.39. The lowest BCUT2D eigenvalue weighted by atomic mass is 9.89. The largest absolute Gasteiger partial charge is 0.118 e. The first-order chi connectivity index (χ1) is 10.8. The average molecular weight is 308 g/mol. The number of benzene rings is 2. The molecule has 1 fully saturated rings. The van der Waals surface area contributed by atoms with E-state index in [-0.39, 0.29) is 0 Å². The quantitative estimate of drug-likeness (QED) is 0.585. The van der Waals surface area contributed by atoms with Gasteiger partial charge in [0.15, 0.2) is 0 Å². The molecule has 1 aliphatic carbocycles. The zero-order chi connectivity index (χ0) is 15.2. The van der Waals surface area contributed by atoms with Crippen molar-refractivity contribution in [2.75, 3.05) is 0 Å². The van der Waals surface area contributed by atoms with Gasteiger partial charge in [-0.15, -0.1) is 11.8 Å². The van der Waals surface area contributed by atoms with Crippen molar-refractivity contribution in [3.05, 3.63) is 77.9 Å². The molecular formula is C21H24S. The molecule has 1 saturated carbocycles. The molecule has 0 heterocycles. The van der Waals surface area contributed by atoms with Gasteiger partial charge < -0.3 is 0 Å². The molecule has 0 N–H and O–H groups in total. The fourth-order valence-corrected chi connectivity index (χ4v) is 4.44. The second-order valence-corrected chi connectivity index (χ2v) is 7.38. The Labute approximate surface area is 138 Å². The summed E-state index contributed by atoms with van der Waals surface area (Å²) in [5, 5.41) is 0.655. The predicted molar refractivity (Wildman–Crippen MR) is 97.5 cm³/mol. The van der Waals surface area contributed by atoms with E-state index in [0.717, 1.165) is 0 Å². The molecule has 0 bridgehead atoms. The zero-order valence-corrected chi connectivity index (χ0v) is 14.1. The first-order valence-corrected chi connectivity index (χ1v) is 9.18. The third-order valence-electron chi connectivity index (χ3n) is 4.41. The number of hydrogen-bond donors (Lipinski definition) is 0. The molecule has 2 aromatic rings. The predicted octanol–water partition coefficient (Wildman–Crippen LogP) is 6.45. The van der Waals surface area contributed by atoms with E-state index < -0.39 is 0 Å². The molecule has 2 atom stereocenters. The van der Waals surface area contributed by atoms with Gasteiger partial charge >= 0.3 is 0 Å². The summed E-state index contributed by atoms with van der Waals surface area (Å²) < 4.78 is 0. The Morgan fingerprint density at radius 2 is 1.64 bits per heavy atom. The van der Waals surface area contributed by atoms with Gasteiger partial charge in [-0.3, -0.25) is 0 Å². The highest BCUT2D eigenvalue weighted by atomic mass is 32.2. The fraction of sp³-hybridized carbons (Fsp3) is 0.333. The molecule has 0 unspecified atom stereocenters. The van der Waals surface area contributed by atoms with Gasteiger partial charge in [-0.2, -0.15) is 0 Å². The first kappa shape index (κ1) is 15.4. The normalized spacial score (nSPS) is 21.7. The van der Waals surface area contributed by atoms with Crippen molar-refractivity contribution in [2.45, 2.75) is 48.7 Å². The third-order valence-corrected chi connectivity index (χ3v) is 5.77. The zero-order valence-electron chi connectivity index (χ0n) is 13.2. The molecule has 1 aliphatic rings. The van der Waals surface area contributed by atoms with Crippen LogP contribution < -0.4 is 0 Å². The van der Waals surface area contributed by atoms with E-state index in [1.807, 2.05) is 11.8 Å². The highest BCUT2D eigenvalue weighted by Gasteiger charge is 2.20. The van der Waals surface area contributed by atoms with Crippen molar-refractivity contribution < 1.29 is 0 Å². The minimum absolute atomic E-state index is 0.508. The molecule has 114 valence electrons. The van der Waals surface area contributed by atoms with E-state index in [9.17, 15) is 0 Å². The van der Waals surface area contributed by atoms with Crippen molar-refractivity contribution in [1.29, 1.82) is 0 Å². The van der Waals surface area contributed by atoms with Gasteiger partial charge in [0.05, 0.1) is 0 Å². The van der Waals surface area contributed by atoms with Crippen LogP contribution in [0.25, 0.3) is 0 Å². The van der Waals surface area contributed by atoms with Gasteiger partial charge in [0.25, 0.3) is 0 Å². The Balaban J connectivity index is 1.76. The van der Waals surface area contributed by atoms with Gasteiger partial charge in [-0.1, -0.05) is 73.5 Å². The monoisotopic (exact) mass is 308 g/mol. The van der Waals surface area contributed by atoms with Crippen molar-refractivity contribution in [2.24, 2.45) is 0 Å². The first-order valence-electron chi connectivity index (χ1n) is 8.30. The maximum absolute atomic E-state index is 2.52. The minimum atomic E-state index is 0.508. The van der Waals surface area contributed by atoms with Gasteiger partial charge in [-0.25, -0.2) is 0 Å². The smallest absolute Gasteiger partial charge is 0.0304 e. The van der Waals surface area contributed by atoms with Gasteiger partial charge in [0, 0.05) is 10.1 Å². The van der Waals surface area contributed by atoms with Crippen LogP contribution in [-0.2, 0) is 0 Å². The lowest BCUT2D eigenvalue weighted by Gasteiger charge is -2.26. The number of hydrogen-bond acceptors (Lipinski definition) is 1. The minimum Gasteiger partial charge on any atom is -0.118 e. The van der Waals surface area contributed by atoms with E-state index in [1.165, 1.54) is 36.1 Å². The van der Waals surface area contributed by atoms with E-state index in [1.54, 1.807) is 5.57 Å². The lowest BCUT2D eigenvalue weighted by Crippen LogP contribution is -2.13. The molecular weight excluding hydrogens is 284 g/mol. The summed E-state index contributed by atoms with van der Waals surface area (Å²) >= 11 is 2.04. The number of thioether (sulfide) groups is 1. The van der Waals surface area contributed by atoms with Crippen LogP contribution in [-0.4, -0.2) is 5.25 Å². The SMILES string of the molecule is C[C@@H](/C=C1/CCCC[C@H]1Sc1ccccc1)c1ccccc1. The number of allylic oxidation sites excluding steroid dienone is 1. The Hall–Kier alpha value is -1.47. The fourth-order valence-electron chi connectivity index (χ4n) is 3.17. The van der Waals surface area contributed by atoms with Crippen molar-refractivity contribution >= 4 is 11.8 Å². The molecule has 3 rings (SSSR count). The summed E-state index contributed by atoms with van der Waals surface area (Å²) in [5.41, 5.74) is 3.07. The van der Waals surface area contributed by atoms with Crippen LogP contribution in [0.4, 0.5) is 0 Å². The summed E-state index contributed by atoms with van der Waals surface area (Å²) in [6.07, 6.45) is 7.81. The maximum atomic E-state index is 2.52. The van der Waals surface area contributed by atoms with Crippen LogP contribution in [0.1, 0.15) is 44.1 Å². The molecule has 0 nitrogen and oxygen atoms in total. The van der Waals surface area contributed by atoms with Crippen molar-refractivity contribution in [3.63, 3.8) is 0 Å². The third kappa shape index (κ3) is 4.04. The summed E-state index contributed by atoms with van der Waals surface area (Å²) in [6, 6.07) is 21.7. The second-order valence-electron chi connectivity index (χ2n) is 6.11. The van der Waals surface area contributed by atoms with E-state index in [0.29, 0.717) is 11.2 Å². The Morgan fingerprint density at radius 3 is 2.36 bits per heavy atom. The van der Waals surface area contributed by atoms with Gasteiger partial charge in [0.2, 0.25) is 0 Å². The van der Waals surface area contributed by atoms with Crippen LogP contribution in [0, 0.1) is 0 Å². The van der Waals surface area contributed by atoms with Gasteiger partial charge in [-0.05, 0) is 42.9 Å². The molecule has 0 radical (unpaired) electrons. The van der Waals surface area contributed by atoms with Crippen LogP contribution in [0.15, 0.2) is 77.2 Å². The molecule has 1 heteroatoms. The van der Waals surface area contributed by atoms with Crippen LogP contribution >= 0.6 is 11.8 Å². The van der Waals surface area contributed by atoms with E-state index >= 15 is 0 Å². The highest BCUT2D eigenvalue weighted by Crippen LogP contribution is 2.38. The summed E-state index contributed by atoms with van der Waals surface area (Å²) in [7, 11) is 0. The molecule has 0 spiro atoms. The molecule has 0 saturated heterocycles. The topological polar surface area (TPSA) is 0 Å². The lowest BCUT2D eigenvalue weighted by molar-refractivity contribution is 0.604.